The molecule has 1 aromatic carbocycles. The lowest BCUT2D eigenvalue weighted by molar-refractivity contribution is -0.117. The van der Waals surface area contributed by atoms with E-state index in [0.29, 0.717) is 19.5 Å². The molecule has 1 atom stereocenters. The van der Waals surface area contributed by atoms with Crippen LogP contribution in [0.4, 0.5) is 0 Å². The van der Waals surface area contributed by atoms with Gasteiger partial charge in [0.05, 0.1) is 4.90 Å². The molecule has 1 heterocycles. The van der Waals surface area contributed by atoms with Crippen LogP contribution < -0.4 is 5.32 Å². The second kappa shape index (κ2) is 5.54. The minimum atomic E-state index is -3.46. The van der Waals surface area contributed by atoms with Crippen molar-refractivity contribution in [2.45, 2.75) is 17.4 Å². The highest BCUT2D eigenvalue weighted by Gasteiger charge is 2.32. The fourth-order valence-electron chi connectivity index (χ4n) is 2.07. The molecule has 0 unspecified atom stereocenters. The van der Waals surface area contributed by atoms with Gasteiger partial charge >= 0.3 is 0 Å². The lowest BCUT2D eigenvalue weighted by Gasteiger charge is -2.16. The van der Waals surface area contributed by atoms with Crippen molar-refractivity contribution in [3.63, 3.8) is 0 Å². The zero-order chi connectivity index (χ0) is 13.9. The molecular weight excluding hydrogens is 264 g/mol. The van der Waals surface area contributed by atoms with Gasteiger partial charge in [-0.15, -0.1) is 0 Å². The quantitative estimate of drug-likeness (QED) is 0.828. The van der Waals surface area contributed by atoms with Crippen LogP contribution in [-0.2, 0) is 14.8 Å². The molecule has 2 rings (SSSR count). The molecule has 6 heteroatoms. The summed E-state index contributed by atoms with van der Waals surface area (Å²) < 4.78 is 26.1. The number of benzene rings is 1. The second-order valence-corrected chi connectivity index (χ2v) is 6.31. The fourth-order valence-corrected chi connectivity index (χ4v) is 3.59. The molecule has 0 radical (unpaired) electrons. The van der Waals surface area contributed by atoms with E-state index in [1.165, 1.54) is 10.4 Å². The van der Waals surface area contributed by atoms with Gasteiger partial charge in [-0.2, -0.15) is 4.31 Å². The minimum absolute atomic E-state index is 0.149. The maximum Gasteiger partial charge on any atom is 0.243 e. The van der Waals surface area contributed by atoms with Crippen molar-refractivity contribution >= 4 is 15.9 Å². The zero-order valence-corrected chi connectivity index (χ0v) is 11.3. The molecule has 102 valence electrons. The van der Waals surface area contributed by atoms with Gasteiger partial charge in [0.15, 0.2) is 0 Å². The third-order valence-electron chi connectivity index (χ3n) is 3.06. The van der Waals surface area contributed by atoms with E-state index in [1.54, 1.807) is 30.3 Å². The molecule has 1 amide bonds. The van der Waals surface area contributed by atoms with Crippen molar-refractivity contribution in [2.75, 3.05) is 13.1 Å². The van der Waals surface area contributed by atoms with Crippen molar-refractivity contribution in [1.82, 2.24) is 9.62 Å². The molecule has 1 N–H and O–H groups in total. The van der Waals surface area contributed by atoms with Crippen LogP contribution >= 0.6 is 0 Å². The molecule has 1 fully saturated rings. The summed E-state index contributed by atoms with van der Waals surface area (Å²) in [6.45, 7) is 4.09. The van der Waals surface area contributed by atoms with Gasteiger partial charge in [0, 0.05) is 19.1 Å². The highest BCUT2D eigenvalue weighted by atomic mass is 32.2. The zero-order valence-electron chi connectivity index (χ0n) is 10.5. The predicted molar refractivity (Wildman–Crippen MR) is 71.9 cm³/mol. The SMILES string of the molecule is C=CC(=O)N[C@H]1CCN(S(=O)(=O)c2ccccc2)C1. The van der Waals surface area contributed by atoms with E-state index < -0.39 is 10.0 Å². The summed E-state index contributed by atoms with van der Waals surface area (Å²) in [5.74, 6) is -0.274. The van der Waals surface area contributed by atoms with Crippen molar-refractivity contribution < 1.29 is 13.2 Å². The van der Waals surface area contributed by atoms with Crippen LogP contribution in [0.1, 0.15) is 6.42 Å². The number of nitrogens with zero attached hydrogens (tertiary/aromatic N) is 1. The Balaban J connectivity index is 2.08. The second-order valence-electron chi connectivity index (χ2n) is 4.37. The maximum atomic E-state index is 12.3. The molecule has 1 aliphatic heterocycles. The van der Waals surface area contributed by atoms with Crippen LogP contribution in [0.3, 0.4) is 0 Å². The molecular formula is C13H16N2O3S. The average Bonchev–Trinajstić information content (AvgIpc) is 2.89. The van der Waals surface area contributed by atoms with Crippen LogP contribution in [0.15, 0.2) is 47.9 Å². The number of carbonyl (C=O) groups excluding carboxylic acids is 1. The highest BCUT2D eigenvalue weighted by Crippen LogP contribution is 2.20. The van der Waals surface area contributed by atoms with E-state index in [1.807, 2.05) is 0 Å². The van der Waals surface area contributed by atoms with Crippen molar-refractivity contribution in [3.8, 4) is 0 Å². The van der Waals surface area contributed by atoms with Gasteiger partial charge in [0.25, 0.3) is 0 Å². The van der Waals surface area contributed by atoms with Crippen molar-refractivity contribution in [1.29, 1.82) is 0 Å². The molecule has 0 bridgehead atoms. The average molecular weight is 280 g/mol. The number of carbonyl (C=O) groups is 1. The Labute approximate surface area is 113 Å². The number of sulfonamides is 1. The van der Waals surface area contributed by atoms with Gasteiger partial charge < -0.3 is 5.32 Å². The number of amides is 1. The summed E-state index contributed by atoms with van der Waals surface area (Å²) in [6.07, 6.45) is 1.81. The van der Waals surface area contributed by atoms with E-state index in [2.05, 4.69) is 11.9 Å². The number of hydrogen-bond donors (Lipinski definition) is 1. The largest absolute Gasteiger partial charge is 0.348 e. The Hall–Kier alpha value is -1.66. The lowest BCUT2D eigenvalue weighted by Crippen LogP contribution is -2.37. The van der Waals surface area contributed by atoms with Crippen LogP contribution in [-0.4, -0.2) is 37.8 Å². The molecule has 0 aromatic heterocycles. The molecule has 0 aliphatic carbocycles. The molecule has 1 saturated heterocycles. The summed E-state index contributed by atoms with van der Waals surface area (Å²) in [5, 5.41) is 2.72. The molecule has 1 aromatic rings. The van der Waals surface area contributed by atoms with Gasteiger partial charge in [0.2, 0.25) is 15.9 Å². The first-order chi connectivity index (χ1) is 9.04. The summed E-state index contributed by atoms with van der Waals surface area (Å²) in [7, 11) is -3.46. The normalized spacial score (nSPS) is 20.1. The van der Waals surface area contributed by atoms with Gasteiger partial charge in [-0.05, 0) is 24.6 Å². The number of rotatable bonds is 4. The van der Waals surface area contributed by atoms with Crippen LogP contribution in [0, 0.1) is 0 Å². The Bertz CT molecular complexity index is 569. The Kier molecular flexibility index (Phi) is 4.01. The maximum absolute atomic E-state index is 12.3. The van der Waals surface area contributed by atoms with E-state index in [0.717, 1.165) is 0 Å². The molecule has 19 heavy (non-hydrogen) atoms. The molecule has 0 saturated carbocycles. The Morgan fingerprint density at radius 2 is 2.05 bits per heavy atom. The monoisotopic (exact) mass is 280 g/mol. The van der Waals surface area contributed by atoms with E-state index in [4.69, 9.17) is 0 Å². The van der Waals surface area contributed by atoms with E-state index in [9.17, 15) is 13.2 Å². The molecule has 5 nitrogen and oxygen atoms in total. The lowest BCUT2D eigenvalue weighted by atomic mass is 10.2. The minimum Gasteiger partial charge on any atom is -0.348 e. The third-order valence-corrected chi connectivity index (χ3v) is 4.94. The number of hydrogen-bond acceptors (Lipinski definition) is 3. The van der Waals surface area contributed by atoms with Crippen LogP contribution in [0.25, 0.3) is 0 Å². The summed E-state index contributed by atoms with van der Waals surface area (Å²) in [6, 6.07) is 8.16. The van der Waals surface area contributed by atoms with Gasteiger partial charge in [0.1, 0.15) is 0 Å². The molecule has 0 spiro atoms. The third kappa shape index (κ3) is 3.02. The Morgan fingerprint density at radius 1 is 1.37 bits per heavy atom. The van der Waals surface area contributed by atoms with E-state index in [-0.39, 0.29) is 16.8 Å². The summed E-state index contributed by atoms with van der Waals surface area (Å²) >= 11 is 0. The van der Waals surface area contributed by atoms with Gasteiger partial charge in [-0.1, -0.05) is 24.8 Å². The first kappa shape index (κ1) is 13.8. The summed E-state index contributed by atoms with van der Waals surface area (Å²) in [4.78, 5) is 11.5. The number of nitrogens with one attached hydrogen (secondary N) is 1. The first-order valence-corrected chi connectivity index (χ1v) is 7.46. The first-order valence-electron chi connectivity index (χ1n) is 6.02. The van der Waals surface area contributed by atoms with Gasteiger partial charge in [-0.25, -0.2) is 8.42 Å². The molecule has 1 aliphatic rings. The van der Waals surface area contributed by atoms with Crippen molar-refractivity contribution in [2.24, 2.45) is 0 Å². The standard InChI is InChI=1S/C13H16N2O3S/c1-2-13(16)14-11-8-9-15(10-11)19(17,18)12-6-4-3-5-7-12/h2-7,11H,1,8-10H2,(H,14,16)/t11-/m0/s1. The summed E-state index contributed by atoms with van der Waals surface area (Å²) in [5.41, 5.74) is 0. The van der Waals surface area contributed by atoms with E-state index >= 15 is 0 Å². The highest BCUT2D eigenvalue weighted by molar-refractivity contribution is 7.89. The predicted octanol–water partition coefficient (Wildman–Crippen LogP) is 0.752. The Morgan fingerprint density at radius 3 is 2.68 bits per heavy atom. The van der Waals surface area contributed by atoms with Crippen LogP contribution in [0.5, 0.6) is 0 Å². The smallest absolute Gasteiger partial charge is 0.243 e. The topological polar surface area (TPSA) is 66.5 Å². The van der Waals surface area contributed by atoms with Gasteiger partial charge in [-0.3, -0.25) is 4.79 Å². The fraction of sp³-hybridized carbons (Fsp3) is 0.308. The van der Waals surface area contributed by atoms with Crippen LogP contribution in [0.2, 0.25) is 0 Å². The van der Waals surface area contributed by atoms with Crippen molar-refractivity contribution in [3.05, 3.63) is 43.0 Å².